The number of ether oxygens (including phenoxy) is 1. The van der Waals surface area contributed by atoms with E-state index >= 15 is 0 Å². The molecule has 136 valence electrons. The van der Waals surface area contributed by atoms with Gasteiger partial charge in [0.1, 0.15) is 17.4 Å². The van der Waals surface area contributed by atoms with Crippen molar-refractivity contribution in [3.05, 3.63) is 21.2 Å². The predicted octanol–water partition coefficient (Wildman–Crippen LogP) is 4.21. The van der Waals surface area contributed by atoms with Gasteiger partial charge in [0, 0.05) is 18.1 Å². The first-order chi connectivity index (χ1) is 11.7. The van der Waals surface area contributed by atoms with E-state index in [1.165, 1.54) is 4.90 Å². The number of amides is 1. The SMILES string of the molecule is CC(C)(C)OC(=O)N1CC[C@@H](n2c(I)cc3cnc(Cl)nc32)[C@@H](F)C1. The molecule has 1 amide bonds. The van der Waals surface area contributed by atoms with Crippen molar-refractivity contribution >= 4 is 51.3 Å². The summed E-state index contributed by atoms with van der Waals surface area (Å²) in [5.74, 6) is 0. The van der Waals surface area contributed by atoms with E-state index in [0.717, 1.165) is 9.09 Å². The highest BCUT2D eigenvalue weighted by Crippen LogP contribution is 2.32. The van der Waals surface area contributed by atoms with Gasteiger partial charge in [-0.15, -0.1) is 0 Å². The fraction of sp³-hybridized carbons (Fsp3) is 0.562. The summed E-state index contributed by atoms with van der Waals surface area (Å²) in [5, 5.41) is 0.945. The number of nitrogens with zero attached hydrogens (tertiary/aromatic N) is 4. The lowest BCUT2D eigenvalue weighted by Gasteiger charge is -2.36. The van der Waals surface area contributed by atoms with Crippen molar-refractivity contribution in [1.29, 1.82) is 0 Å². The Bertz CT molecular complexity index is 807. The molecule has 1 fully saturated rings. The van der Waals surface area contributed by atoms with Crippen LogP contribution in [-0.2, 0) is 4.74 Å². The van der Waals surface area contributed by atoms with Gasteiger partial charge in [-0.1, -0.05) is 0 Å². The lowest BCUT2D eigenvalue weighted by molar-refractivity contribution is 0.00688. The van der Waals surface area contributed by atoms with E-state index in [9.17, 15) is 9.18 Å². The Hall–Kier alpha value is -1.16. The summed E-state index contributed by atoms with van der Waals surface area (Å²) in [5.41, 5.74) is 0.0159. The van der Waals surface area contributed by atoms with Crippen LogP contribution in [0.25, 0.3) is 11.0 Å². The molecular formula is C16H19ClFIN4O2. The Morgan fingerprint density at radius 3 is 2.84 bits per heavy atom. The molecule has 1 aliphatic rings. The van der Waals surface area contributed by atoms with Gasteiger partial charge in [0.2, 0.25) is 5.28 Å². The molecule has 1 aliphatic heterocycles. The van der Waals surface area contributed by atoms with Crippen molar-refractivity contribution in [2.24, 2.45) is 0 Å². The highest BCUT2D eigenvalue weighted by atomic mass is 127. The third kappa shape index (κ3) is 3.99. The van der Waals surface area contributed by atoms with Crippen LogP contribution in [0.15, 0.2) is 12.3 Å². The van der Waals surface area contributed by atoms with Crippen LogP contribution >= 0.6 is 34.2 Å². The topological polar surface area (TPSA) is 60.2 Å². The zero-order valence-electron chi connectivity index (χ0n) is 14.2. The molecule has 0 aromatic carbocycles. The minimum atomic E-state index is -1.22. The Balaban J connectivity index is 1.82. The number of carbonyl (C=O) groups excluding carboxylic acids is 1. The van der Waals surface area contributed by atoms with Crippen LogP contribution in [-0.4, -0.2) is 50.4 Å². The van der Waals surface area contributed by atoms with Crippen LogP contribution in [0.2, 0.25) is 5.28 Å². The minimum Gasteiger partial charge on any atom is -0.444 e. The molecule has 2 aromatic rings. The normalized spacial score (nSPS) is 21.6. The van der Waals surface area contributed by atoms with Gasteiger partial charge in [0.25, 0.3) is 0 Å². The predicted molar refractivity (Wildman–Crippen MR) is 102 cm³/mol. The van der Waals surface area contributed by atoms with E-state index in [0.29, 0.717) is 18.6 Å². The highest BCUT2D eigenvalue weighted by Gasteiger charge is 2.36. The molecule has 0 saturated carbocycles. The van der Waals surface area contributed by atoms with Crippen molar-refractivity contribution in [2.75, 3.05) is 13.1 Å². The Morgan fingerprint density at radius 1 is 1.48 bits per heavy atom. The third-order valence-corrected chi connectivity index (χ3v) is 5.00. The maximum atomic E-state index is 14.9. The van der Waals surface area contributed by atoms with Crippen LogP contribution in [0.5, 0.6) is 0 Å². The number of hydrogen-bond acceptors (Lipinski definition) is 4. The summed E-state index contributed by atoms with van der Waals surface area (Å²) < 4.78 is 23.0. The average molecular weight is 481 g/mol. The van der Waals surface area contributed by atoms with E-state index in [4.69, 9.17) is 16.3 Å². The lowest BCUT2D eigenvalue weighted by Crippen LogP contribution is -2.47. The van der Waals surface area contributed by atoms with Gasteiger partial charge in [0.15, 0.2) is 0 Å². The Kier molecular flexibility index (Phi) is 5.11. The number of hydrogen-bond donors (Lipinski definition) is 0. The number of piperidine rings is 1. The summed E-state index contributed by atoms with van der Waals surface area (Å²) in [6, 6.07) is 1.49. The molecule has 25 heavy (non-hydrogen) atoms. The third-order valence-electron chi connectivity index (χ3n) is 3.99. The van der Waals surface area contributed by atoms with E-state index in [2.05, 4.69) is 32.6 Å². The molecule has 9 heteroatoms. The smallest absolute Gasteiger partial charge is 0.410 e. The quantitative estimate of drug-likeness (QED) is 0.453. The number of alkyl halides is 1. The van der Waals surface area contributed by atoms with Gasteiger partial charge in [-0.3, -0.25) is 0 Å². The van der Waals surface area contributed by atoms with Crippen LogP contribution in [0.4, 0.5) is 9.18 Å². The molecule has 3 heterocycles. The zero-order chi connectivity index (χ0) is 18.4. The number of likely N-dealkylation sites (tertiary alicyclic amines) is 1. The first-order valence-electron chi connectivity index (χ1n) is 7.96. The van der Waals surface area contributed by atoms with E-state index in [1.807, 2.05) is 10.6 Å². The highest BCUT2D eigenvalue weighted by molar-refractivity contribution is 14.1. The molecule has 0 spiro atoms. The van der Waals surface area contributed by atoms with Crippen molar-refractivity contribution in [2.45, 2.75) is 45.0 Å². The van der Waals surface area contributed by atoms with Crippen molar-refractivity contribution in [3.8, 4) is 0 Å². The van der Waals surface area contributed by atoms with E-state index in [1.54, 1.807) is 27.0 Å². The maximum absolute atomic E-state index is 14.9. The monoisotopic (exact) mass is 480 g/mol. The number of aromatic nitrogens is 3. The largest absolute Gasteiger partial charge is 0.444 e. The summed E-state index contributed by atoms with van der Waals surface area (Å²) in [7, 11) is 0. The standard InChI is InChI=1S/C16H19ClFIN4O2/c1-16(2,3)25-15(24)22-5-4-11(10(18)8-22)23-12(19)6-9-7-20-14(17)21-13(9)23/h6-7,10-11H,4-5,8H2,1-3H3/t10-,11+/m0/s1. The number of carbonyl (C=O) groups is 1. The number of halogens is 3. The second-order valence-corrected chi connectivity index (χ2v) is 8.50. The summed E-state index contributed by atoms with van der Waals surface area (Å²) in [6.45, 7) is 5.80. The molecule has 0 radical (unpaired) electrons. The van der Waals surface area contributed by atoms with Crippen molar-refractivity contribution < 1.29 is 13.9 Å². The maximum Gasteiger partial charge on any atom is 0.410 e. The molecule has 2 aromatic heterocycles. The molecule has 0 unspecified atom stereocenters. The molecule has 0 N–H and O–H groups in total. The molecule has 0 bridgehead atoms. The second kappa shape index (κ2) is 6.86. The zero-order valence-corrected chi connectivity index (χ0v) is 17.1. The molecule has 1 saturated heterocycles. The molecule has 0 aliphatic carbocycles. The first-order valence-corrected chi connectivity index (χ1v) is 9.42. The molecular weight excluding hydrogens is 462 g/mol. The second-order valence-electron chi connectivity index (χ2n) is 7.05. The van der Waals surface area contributed by atoms with Crippen LogP contribution in [0, 0.1) is 3.70 Å². The molecule has 3 rings (SSSR count). The van der Waals surface area contributed by atoms with Gasteiger partial charge in [-0.25, -0.2) is 14.2 Å². The van der Waals surface area contributed by atoms with Gasteiger partial charge in [0.05, 0.1) is 16.3 Å². The average Bonchev–Trinajstić information content (AvgIpc) is 2.81. The van der Waals surface area contributed by atoms with Gasteiger partial charge < -0.3 is 14.2 Å². The molecule has 6 nitrogen and oxygen atoms in total. The Morgan fingerprint density at radius 2 is 2.20 bits per heavy atom. The van der Waals surface area contributed by atoms with E-state index in [-0.39, 0.29) is 11.8 Å². The van der Waals surface area contributed by atoms with Crippen LogP contribution < -0.4 is 0 Å². The summed E-state index contributed by atoms with van der Waals surface area (Å²) in [6.07, 6.45) is 0.402. The van der Waals surface area contributed by atoms with Gasteiger partial charge in [-0.2, -0.15) is 4.98 Å². The van der Waals surface area contributed by atoms with E-state index < -0.39 is 23.9 Å². The lowest BCUT2D eigenvalue weighted by atomic mass is 10.0. The van der Waals surface area contributed by atoms with Gasteiger partial charge in [-0.05, 0) is 67.5 Å². The fourth-order valence-electron chi connectivity index (χ4n) is 2.95. The number of rotatable bonds is 1. The van der Waals surface area contributed by atoms with Crippen molar-refractivity contribution in [1.82, 2.24) is 19.4 Å². The minimum absolute atomic E-state index is 0.00580. The first kappa shape index (κ1) is 18.6. The van der Waals surface area contributed by atoms with Crippen LogP contribution in [0.3, 0.4) is 0 Å². The number of fused-ring (bicyclic) bond motifs is 1. The summed E-state index contributed by atoms with van der Waals surface area (Å²) >= 11 is 8.05. The summed E-state index contributed by atoms with van der Waals surface area (Å²) in [4.78, 5) is 21.8. The van der Waals surface area contributed by atoms with Crippen LogP contribution in [0.1, 0.15) is 33.2 Å². The van der Waals surface area contributed by atoms with Gasteiger partial charge >= 0.3 is 6.09 Å². The van der Waals surface area contributed by atoms with Crippen molar-refractivity contribution in [3.63, 3.8) is 0 Å². The Labute approximate surface area is 163 Å². The molecule has 2 atom stereocenters. The fourth-order valence-corrected chi connectivity index (χ4v) is 4.00.